The standard InChI is InChI=1S/C29H25ClF3N3O7S2/c1-42-21-11-15-27(43-2)25(17-21)35-44(38,39)22-12-9-20(10-13-22)34-28(37)18-36(45(40,41)23-6-4-3-5-7-23)26-16-19(29(31,32)33)8-14-24(26)30/h3-17,35H,18H2,1-2H3,(H,34,37). The number of hydrogen-bond acceptors (Lipinski definition) is 7. The SMILES string of the molecule is COc1ccc(OC)c(NS(=O)(=O)c2ccc(NC(=O)CN(c3cc(C(F)(F)F)ccc3Cl)S(=O)(=O)c3ccccc3)cc2)c1. The van der Waals surface area contributed by atoms with Gasteiger partial charge in [-0.3, -0.25) is 13.8 Å². The molecule has 0 radical (unpaired) electrons. The Hall–Kier alpha value is -4.47. The first kappa shape index (κ1) is 33.4. The molecule has 10 nitrogen and oxygen atoms in total. The van der Waals surface area contributed by atoms with Gasteiger partial charge in [-0.05, 0) is 66.7 Å². The zero-order valence-corrected chi connectivity index (χ0v) is 25.9. The maximum atomic E-state index is 13.5. The summed E-state index contributed by atoms with van der Waals surface area (Å²) in [6.07, 6.45) is -4.82. The maximum absolute atomic E-state index is 13.5. The van der Waals surface area contributed by atoms with Crippen LogP contribution in [0.4, 0.5) is 30.2 Å². The summed E-state index contributed by atoms with van der Waals surface area (Å²) in [6.45, 7) is -0.963. The number of amides is 1. The summed E-state index contributed by atoms with van der Waals surface area (Å²) < 4.78 is 107. The van der Waals surface area contributed by atoms with Gasteiger partial charge in [0.05, 0.1) is 46.0 Å². The van der Waals surface area contributed by atoms with Crippen LogP contribution in [-0.2, 0) is 31.0 Å². The molecule has 0 saturated heterocycles. The van der Waals surface area contributed by atoms with Crippen molar-refractivity contribution >= 4 is 54.6 Å². The highest BCUT2D eigenvalue weighted by Crippen LogP contribution is 2.37. The molecule has 0 heterocycles. The number of nitrogens with one attached hydrogen (secondary N) is 2. The molecule has 4 rings (SSSR count). The number of methoxy groups -OCH3 is 2. The van der Waals surface area contributed by atoms with Crippen LogP contribution in [0.5, 0.6) is 11.5 Å². The minimum absolute atomic E-state index is 0.0742. The molecule has 238 valence electrons. The Labute approximate surface area is 262 Å². The monoisotopic (exact) mass is 683 g/mol. The second-order valence-corrected chi connectivity index (χ2v) is 13.2. The van der Waals surface area contributed by atoms with Crippen LogP contribution in [0.1, 0.15) is 5.56 Å². The molecule has 0 aliphatic carbocycles. The minimum atomic E-state index is -4.82. The van der Waals surface area contributed by atoms with E-state index in [-0.39, 0.29) is 31.9 Å². The Morgan fingerprint density at radius 1 is 0.844 bits per heavy atom. The molecule has 0 aliphatic rings. The first-order valence-electron chi connectivity index (χ1n) is 12.7. The Kier molecular flexibility index (Phi) is 9.85. The predicted molar refractivity (Wildman–Crippen MR) is 163 cm³/mol. The lowest BCUT2D eigenvalue weighted by Gasteiger charge is -2.26. The third-order valence-corrected chi connectivity index (χ3v) is 9.73. The molecule has 2 N–H and O–H groups in total. The highest BCUT2D eigenvalue weighted by Gasteiger charge is 2.34. The second kappa shape index (κ2) is 13.3. The Bertz CT molecular complexity index is 1910. The van der Waals surface area contributed by atoms with Gasteiger partial charge in [0.2, 0.25) is 5.91 Å². The molecule has 45 heavy (non-hydrogen) atoms. The van der Waals surface area contributed by atoms with Crippen molar-refractivity contribution in [1.29, 1.82) is 0 Å². The number of ether oxygens (including phenoxy) is 2. The highest BCUT2D eigenvalue weighted by atomic mass is 35.5. The summed E-state index contributed by atoms with van der Waals surface area (Å²) in [7, 11) is -5.93. The fraction of sp³-hybridized carbons (Fsp3) is 0.138. The van der Waals surface area contributed by atoms with Crippen LogP contribution < -0.4 is 23.8 Å². The van der Waals surface area contributed by atoms with E-state index in [9.17, 15) is 34.8 Å². The summed E-state index contributed by atoms with van der Waals surface area (Å²) >= 11 is 6.15. The van der Waals surface area contributed by atoms with Crippen molar-refractivity contribution in [3.05, 3.63) is 102 Å². The number of alkyl halides is 3. The van der Waals surface area contributed by atoms with Crippen LogP contribution in [0.25, 0.3) is 0 Å². The van der Waals surface area contributed by atoms with Crippen molar-refractivity contribution in [2.45, 2.75) is 16.0 Å². The van der Waals surface area contributed by atoms with Crippen LogP contribution in [0.3, 0.4) is 0 Å². The maximum Gasteiger partial charge on any atom is 0.416 e. The van der Waals surface area contributed by atoms with Crippen molar-refractivity contribution in [1.82, 2.24) is 0 Å². The van der Waals surface area contributed by atoms with E-state index in [0.717, 1.165) is 6.07 Å². The molecular weight excluding hydrogens is 659 g/mol. The smallest absolute Gasteiger partial charge is 0.416 e. The van der Waals surface area contributed by atoms with Gasteiger partial charge in [-0.25, -0.2) is 16.8 Å². The molecule has 0 fully saturated rings. The van der Waals surface area contributed by atoms with Gasteiger partial charge in [-0.2, -0.15) is 13.2 Å². The molecule has 4 aromatic carbocycles. The largest absolute Gasteiger partial charge is 0.497 e. The Morgan fingerprint density at radius 2 is 1.51 bits per heavy atom. The van der Waals surface area contributed by atoms with Gasteiger partial charge in [-0.1, -0.05) is 29.8 Å². The first-order valence-corrected chi connectivity index (χ1v) is 16.0. The van der Waals surface area contributed by atoms with Gasteiger partial charge >= 0.3 is 6.18 Å². The van der Waals surface area contributed by atoms with Crippen molar-refractivity contribution in [2.75, 3.05) is 35.1 Å². The van der Waals surface area contributed by atoms with E-state index in [1.807, 2.05) is 0 Å². The quantitative estimate of drug-likeness (QED) is 0.198. The number of sulfonamides is 2. The van der Waals surface area contributed by atoms with E-state index in [4.69, 9.17) is 21.1 Å². The van der Waals surface area contributed by atoms with Gasteiger partial charge in [0.25, 0.3) is 20.0 Å². The van der Waals surface area contributed by atoms with E-state index in [1.165, 1.54) is 74.9 Å². The molecule has 0 unspecified atom stereocenters. The van der Waals surface area contributed by atoms with Gasteiger partial charge in [0.1, 0.15) is 18.0 Å². The Balaban J connectivity index is 1.60. The third-order valence-electron chi connectivity index (χ3n) is 6.26. The summed E-state index contributed by atoms with van der Waals surface area (Å²) in [5, 5.41) is 2.09. The van der Waals surface area contributed by atoms with Gasteiger partial charge in [0, 0.05) is 11.8 Å². The lowest BCUT2D eigenvalue weighted by molar-refractivity contribution is -0.137. The summed E-state index contributed by atoms with van der Waals surface area (Å²) in [6, 6.07) is 18.3. The van der Waals surface area contributed by atoms with Gasteiger partial charge in [0.15, 0.2) is 0 Å². The van der Waals surface area contributed by atoms with Crippen molar-refractivity contribution < 1.29 is 44.3 Å². The second-order valence-electron chi connectivity index (χ2n) is 9.23. The first-order chi connectivity index (χ1) is 21.2. The van der Waals surface area contributed by atoms with E-state index in [2.05, 4.69) is 10.0 Å². The minimum Gasteiger partial charge on any atom is -0.497 e. The molecule has 0 aliphatic heterocycles. The average molecular weight is 684 g/mol. The van der Waals surface area contributed by atoms with Crippen molar-refractivity contribution in [3.63, 3.8) is 0 Å². The topological polar surface area (TPSA) is 131 Å². The number of anilines is 3. The summed E-state index contributed by atoms with van der Waals surface area (Å²) in [5.41, 5.74) is -1.55. The molecule has 16 heteroatoms. The van der Waals surface area contributed by atoms with E-state index < -0.39 is 49.9 Å². The number of nitrogens with zero attached hydrogens (tertiary/aromatic N) is 1. The number of benzene rings is 4. The van der Waals surface area contributed by atoms with Gasteiger partial charge < -0.3 is 14.8 Å². The lowest BCUT2D eigenvalue weighted by atomic mass is 10.2. The molecule has 0 saturated carbocycles. The van der Waals surface area contributed by atoms with Crippen LogP contribution in [0.15, 0.2) is 101 Å². The van der Waals surface area contributed by atoms with E-state index in [1.54, 1.807) is 12.1 Å². The fourth-order valence-corrected chi connectivity index (χ4v) is 6.83. The molecule has 0 atom stereocenters. The zero-order valence-electron chi connectivity index (χ0n) is 23.5. The Morgan fingerprint density at radius 3 is 2.11 bits per heavy atom. The molecule has 4 aromatic rings. The number of carbonyl (C=O) groups is 1. The molecule has 0 bridgehead atoms. The number of halogens is 4. The van der Waals surface area contributed by atoms with Crippen LogP contribution >= 0.6 is 11.6 Å². The number of carbonyl (C=O) groups excluding carboxylic acids is 1. The zero-order chi connectivity index (χ0) is 33.0. The van der Waals surface area contributed by atoms with E-state index >= 15 is 0 Å². The van der Waals surface area contributed by atoms with Crippen molar-refractivity contribution in [2.24, 2.45) is 0 Å². The average Bonchev–Trinajstić information content (AvgIpc) is 3.00. The highest BCUT2D eigenvalue weighted by molar-refractivity contribution is 7.93. The van der Waals surface area contributed by atoms with E-state index in [0.29, 0.717) is 22.2 Å². The normalized spacial score (nSPS) is 11.9. The molecule has 0 spiro atoms. The van der Waals surface area contributed by atoms with Gasteiger partial charge in [-0.15, -0.1) is 0 Å². The predicted octanol–water partition coefficient (Wildman–Crippen LogP) is 6.01. The third kappa shape index (κ3) is 7.79. The van der Waals surface area contributed by atoms with Crippen molar-refractivity contribution in [3.8, 4) is 11.5 Å². The summed E-state index contributed by atoms with van der Waals surface area (Å²) in [5.74, 6) is -0.335. The molecular formula is C29H25ClF3N3O7S2. The van der Waals surface area contributed by atoms with Crippen LogP contribution in [-0.4, -0.2) is 43.5 Å². The lowest BCUT2D eigenvalue weighted by Crippen LogP contribution is -2.38. The van der Waals surface area contributed by atoms with Crippen LogP contribution in [0, 0.1) is 0 Å². The van der Waals surface area contributed by atoms with Crippen LogP contribution in [0.2, 0.25) is 5.02 Å². The molecule has 0 aromatic heterocycles. The summed E-state index contributed by atoms with van der Waals surface area (Å²) in [4.78, 5) is 12.6. The number of rotatable bonds is 11. The molecule has 1 amide bonds. The fourth-order valence-electron chi connectivity index (χ4n) is 4.05. The number of hydrogen-bond donors (Lipinski definition) is 2.